The van der Waals surface area contributed by atoms with E-state index in [1.54, 1.807) is 6.07 Å². The topological polar surface area (TPSA) is 47.0 Å². The molecule has 1 heterocycles. The predicted octanol–water partition coefficient (Wildman–Crippen LogP) is 2.61. The minimum atomic E-state index is 0.168. The first kappa shape index (κ1) is 13.0. The average Bonchev–Trinajstić information content (AvgIpc) is 2.16. The van der Waals surface area contributed by atoms with Gasteiger partial charge in [0, 0.05) is 18.0 Å². The quantitative estimate of drug-likeness (QED) is 0.781. The Morgan fingerprint density at radius 2 is 2.25 bits per heavy atom. The van der Waals surface area contributed by atoms with E-state index in [2.05, 4.69) is 15.3 Å². The van der Waals surface area contributed by atoms with Gasteiger partial charge < -0.3 is 10.1 Å². The smallest absolute Gasteiger partial charge is 0.218 e. The van der Waals surface area contributed by atoms with Crippen LogP contribution in [0.4, 0.5) is 5.82 Å². The number of aromatic nitrogens is 2. The van der Waals surface area contributed by atoms with Crippen LogP contribution < -0.4 is 10.1 Å². The van der Waals surface area contributed by atoms with E-state index in [1.807, 2.05) is 20.8 Å². The molecule has 0 aliphatic heterocycles. The van der Waals surface area contributed by atoms with E-state index < -0.39 is 0 Å². The number of aryl methyl sites for hydroxylation is 1. The van der Waals surface area contributed by atoms with Crippen LogP contribution >= 0.6 is 11.6 Å². The molecule has 0 bridgehead atoms. The van der Waals surface area contributed by atoms with E-state index in [-0.39, 0.29) is 5.38 Å². The lowest BCUT2D eigenvalue weighted by Gasteiger charge is -2.09. The zero-order valence-corrected chi connectivity index (χ0v) is 10.7. The van der Waals surface area contributed by atoms with Crippen LogP contribution in [0.1, 0.15) is 26.1 Å². The van der Waals surface area contributed by atoms with E-state index in [4.69, 9.17) is 16.3 Å². The van der Waals surface area contributed by atoms with E-state index in [9.17, 15) is 0 Å². The maximum Gasteiger partial charge on any atom is 0.218 e. The summed E-state index contributed by atoms with van der Waals surface area (Å²) in [6.07, 6.45) is 0.897. The van der Waals surface area contributed by atoms with Crippen LogP contribution in [0.5, 0.6) is 5.88 Å². The van der Waals surface area contributed by atoms with Gasteiger partial charge in [0.2, 0.25) is 5.88 Å². The Balaban J connectivity index is 2.58. The van der Waals surface area contributed by atoms with E-state index in [0.717, 1.165) is 18.8 Å². The highest BCUT2D eigenvalue weighted by Gasteiger charge is 2.02. The van der Waals surface area contributed by atoms with Crippen LogP contribution in [0.3, 0.4) is 0 Å². The van der Waals surface area contributed by atoms with Crippen molar-refractivity contribution in [2.75, 3.05) is 18.5 Å². The molecular formula is C11H18ClN3O. The Labute approximate surface area is 101 Å². The number of hydrogen-bond donors (Lipinski definition) is 1. The Morgan fingerprint density at radius 3 is 2.88 bits per heavy atom. The van der Waals surface area contributed by atoms with Crippen molar-refractivity contribution < 1.29 is 4.74 Å². The van der Waals surface area contributed by atoms with Crippen LogP contribution in [0.25, 0.3) is 0 Å². The molecule has 1 N–H and O–H groups in total. The van der Waals surface area contributed by atoms with Gasteiger partial charge in [0.25, 0.3) is 0 Å². The molecule has 1 aromatic rings. The monoisotopic (exact) mass is 243 g/mol. The normalized spacial score (nSPS) is 12.2. The molecule has 4 nitrogen and oxygen atoms in total. The van der Waals surface area contributed by atoms with Gasteiger partial charge in [-0.2, -0.15) is 4.98 Å². The lowest BCUT2D eigenvalue weighted by Crippen LogP contribution is -2.09. The minimum Gasteiger partial charge on any atom is -0.478 e. The number of ether oxygens (including phenoxy) is 1. The summed E-state index contributed by atoms with van der Waals surface area (Å²) < 4.78 is 5.34. The fourth-order valence-corrected chi connectivity index (χ4v) is 1.36. The number of nitrogens with one attached hydrogen (secondary N) is 1. The summed E-state index contributed by atoms with van der Waals surface area (Å²) in [4.78, 5) is 8.43. The minimum absolute atomic E-state index is 0.168. The first-order valence-electron chi connectivity index (χ1n) is 5.48. The fourth-order valence-electron chi connectivity index (χ4n) is 1.25. The van der Waals surface area contributed by atoms with Gasteiger partial charge in [-0.1, -0.05) is 0 Å². The van der Waals surface area contributed by atoms with Gasteiger partial charge in [-0.05, 0) is 27.2 Å². The van der Waals surface area contributed by atoms with E-state index in [0.29, 0.717) is 18.3 Å². The largest absolute Gasteiger partial charge is 0.478 e. The summed E-state index contributed by atoms with van der Waals surface area (Å²) in [7, 11) is 0. The number of rotatable bonds is 6. The highest BCUT2D eigenvalue weighted by atomic mass is 35.5. The molecule has 0 amide bonds. The molecule has 0 aromatic carbocycles. The van der Waals surface area contributed by atoms with Crippen molar-refractivity contribution in [3.8, 4) is 5.88 Å². The molecule has 0 spiro atoms. The van der Waals surface area contributed by atoms with Gasteiger partial charge >= 0.3 is 0 Å². The van der Waals surface area contributed by atoms with Gasteiger partial charge in [-0.3, -0.25) is 0 Å². The van der Waals surface area contributed by atoms with Gasteiger partial charge in [0.15, 0.2) is 0 Å². The standard InChI is InChI=1S/C11H18ClN3O/c1-4-16-11-7-10(14-9(3)15-11)13-6-5-8(2)12/h7-8H,4-6H2,1-3H3,(H,13,14,15). The SMILES string of the molecule is CCOc1cc(NCCC(C)Cl)nc(C)n1. The molecule has 90 valence electrons. The number of hydrogen-bond acceptors (Lipinski definition) is 4. The molecule has 16 heavy (non-hydrogen) atoms. The molecule has 1 atom stereocenters. The maximum absolute atomic E-state index is 5.86. The third kappa shape index (κ3) is 4.66. The molecule has 0 fully saturated rings. The summed E-state index contributed by atoms with van der Waals surface area (Å²) in [6.45, 7) is 7.15. The Bertz CT molecular complexity index is 331. The summed E-state index contributed by atoms with van der Waals surface area (Å²) in [5.74, 6) is 2.09. The Hall–Kier alpha value is -1.03. The Morgan fingerprint density at radius 1 is 1.50 bits per heavy atom. The third-order valence-electron chi connectivity index (χ3n) is 1.95. The van der Waals surface area contributed by atoms with Crippen LogP contribution in [0.2, 0.25) is 0 Å². The molecule has 1 rings (SSSR count). The summed E-state index contributed by atoms with van der Waals surface area (Å²) >= 11 is 5.86. The molecule has 0 aliphatic carbocycles. The van der Waals surface area contributed by atoms with Crippen molar-refractivity contribution in [2.24, 2.45) is 0 Å². The first-order chi connectivity index (χ1) is 7.61. The van der Waals surface area contributed by atoms with Crippen molar-refractivity contribution in [1.82, 2.24) is 9.97 Å². The van der Waals surface area contributed by atoms with Crippen LogP contribution in [0, 0.1) is 6.92 Å². The van der Waals surface area contributed by atoms with Crippen molar-refractivity contribution >= 4 is 17.4 Å². The predicted molar refractivity (Wildman–Crippen MR) is 66.4 cm³/mol. The van der Waals surface area contributed by atoms with Crippen LogP contribution in [-0.2, 0) is 0 Å². The molecule has 1 aromatic heterocycles. The molecule has 0 radical (unpaired) electrons. The van der Waals surface area contributed by atoms with E-state index in [1.165, 1.54) is 0 Å². The average molecular weight is 244 g/mol. The summed E-state index contributed by atoms with van der Waals surface area (Å²) in [5.41, 5.74) is 0. The number of halogens is 1. The summed E-state index contributed by atoms with van der Waals surface area (Å²) in [5, 5.41) is 3.37. The lowest BCUT2D eigenvalue weighted by molar-refractivity contribution is 0.325. The van der Waals surface area contributed by atoms with Crippen molar-refractivity contribution in [1.29, 1.82) is 0 Å². The Kier molecular flexibility index (Phi) is 5.32. The molecule has 5 heteroatoms. The second-order valence-corrected chi connectivity index (χ2v) is 4.31. The highest BCUT2D eigenvalue weighted by Crippen LogP contribution is 2.13. The van der Waals surface area contributed by atoms with Crippen molar-refractivity contribution in [3.63, 3.8) is 0 Å². The van der Waals surface area contributed by atoms with Gasteiger partial charge in [0.05, 0.1) is 6.61 Å². The molecule has 0 saturated heterocycles. The lowest BCUT2D eigenvalue weighted by atomic mass is 10.3. The molecule has 1 unspecified atom stereocenters. The second-order valence-electron chi connectivity index (χ2n) is 3.57. The number of anilines is 1. The van der Waals surface area contributed by atoms with Crippen LogP contribution in [0.15, 0.2) is 6.07 Å². The highest BCUT2D eigenvalue weighted by molar-refractivity contribution is 6.20. The van der Waals surface area contributed by atoms with Gasteiger partial charge in [-0.15, -0.1) is 11.6 Å². The zero-order valence-electron chi connectivity index (χ0n) is 9.96. The molecular weight excluding hydrogens is 226 g/mol. The fraction of sp³-hybridized carbons (Fsp3) is 0.636. The zero-order chi connectivity index (χ0) is 12.0. The van der Waals surface area contributed by atoms with Gasteiger partial charge in [0.1, 0.15) is 11.6 Å². The van der Waals surface area contributed by atoms with Crippen molar-refractivity contribution in [3.05, 3.63) is 11.9 Å². The number of alkyl halides is 1. The maximum atomic E-state index is 5.86. The summed E-state index contributed by atoms with van der Waals surface area (Å²) in [6, 6.07) is 1.80. The molecule has 0 aliphatic rings. The second kappa shape index (κ2) is 6.53. The molecule has 0 saturated carbocycles. The van der Waals surface area contributed by atoms with Gasteiger partial charge in [-0.25, -0.2) is 4.98 Å². The van der Waals surface area contributed by atoms with E-state index >= 15 is 0 Å². The first-order valence-corrected chi connectivity index (χ1v) is 5.92. The third-order valence-corrected chi connectivity index (χ3v) is 2.17. The van der Waals surface area contributed by atoms with Crippen LogP contribution in [-0.4, -0.2) is 28.5 Å². The number of nitrogens with zero attached hydrogens (tertiary/aromatic N) is 2. The van der Waals surface area contributed by atoms with Crippen molar-refractivity contribution in [2.45, 2.75) is 32.6 Å².